The number of halogens is 5. The lowest BCUT2D eigenvalue weighted by Crippen LogP contribution is -2.06. The molecule has 5 nitrogen and oxygen atoms in total. The fourth-order valence-electron chi connectivity index (χ4n) is 2.05. The van der Waals surface area contributed by atoms with Gasteiger partial charge in [-0.25, -0.2) is 9.67 Å². The van der Waals surface area contributed by atoms with Crippen LogP contribution < -0.4 is 11.0 Å². The maximum absolute atomic E-state index is 12.8. The summed E-state index contributed by atoms with van der Waals surface area (Å²) in [5.41, 5.74) is 3.85. The zero-order valence-corrected chi connectivity index (χ0v) is 18.3. The largest absolute Gasteiger partial charge is 0.398 e. The van der Waals surface area contributed by atoms with Gasteiger partial charge in [0, 0.05) is 16.6 Å². The summed E-state index contributed by atoms with van der Waals surface area (Å²) in [6.07, 6.45) is 3.08. The second-order valence-corrected chi connectivity index (χ2v) is 8.08. The Morgan fingerprint density at radius 2 is 1.82 bits per heavy atom. The molecule has 0 fully saturated rings. The van der Waals surface area contributed by atoms with E-state index in [1.54, 1.807) is 23.1 Å². The molecular weight excluding hydrogens is 471 g/mol. The Hall–Kier alpha value is -1.36. The summed E-state index contributed by atoms with van der Waals surface area (Å²) in [5, 5.41) is 5.17. The molecule has 0 aliphatic heterocycles. The molecule has 148 valence electrons. The molecule has 1 heterocycles. The van der Waals surface area contributed by atoms with Crippen molar-refractivity contribution in [2.75, 3.05) is 5.73 Å². The molecule has 0 amide bonds. The number of rotatable bonds is 4. The summed E-state index contributed by atoms with van der Waals surface area (Å²) in [5.74, 6) is 0. The minimum absolute atomic E-state index is 0.0348. The van der Waals surface area contributed by atoms with Crippen LogP contribution in [0.3, 0.4) is 0 Å². The third-order valence-corrected chi connectivity index (χ3v) is 5.25. The molecular formula is C16H13Cl3F2N4OP2. The predicted molar refractivity (Wildman–Crippen MR) is 112 cm³/mol. The van der Waals surface area contributed by atoms with Crippen LogP contribution >= 0.6 is 52.5 Å². The van der Waals surface area contributed by atoms with E-state index in [1.807, 2.05) is 0 Å². The highest BCUT2D eigenvalue weighted by molar-refractivity contribution is 7.34. The normalized spacial score (nSPS) is 11.2. The molecule has 0 spiro atoms. The minimum atomic E-state index is -3.09. The fraction of sp³-hybridized carbons (Fsp3) is 0.125. The zero-order valence-electron chi connectivity index (χ0n) is 14.0. The third kappa shape index (κ3) is 6.33. The first-order valence-electron chi connectivity index (χ1n) is 7.47. The van der Waals surface area contributed by atoms with Gasteiger partial charge in [0.15, 0.2) is 8.46 Å². The Bertz CT molecular complexity index is 969. The van der Waals surface area contributed by atoms with Crippen molar-refractivity contribution in [3.63, 3.8) is 0 Å². The maximum atomic E-state index is 12.8. The molecule has 0 saturated carbocycles. The highest BCUT2D eigenvalue weighted by Gasteiger charge is 2.27. The maximum Gasteiger partial charge on any atom is 0.285 e. The van der Waals surface area contributed by atoms with Gasteiger partial charge >= 0.3 is 0 Å². The lowest BCUT2D eigenvalue weighted by Gasteiger charge is -2.12. The van der Waals surface area contributed by atoms with Gasteiger partial charge in [0.25, 0.3) is 5.66 Å². The van der Waals surface area contributed by atoms with Gasteiger partial charge in [-0.3, -0.25) is 4.57 Å². The molecule has 2 N–H and O–H groups in total. The average Bonchev–Trinajstić information content (AvgIpc) is 3.13. The van der Waals surface area contributed by atoms with Crippen molar-refractivity contribution in [2.24, 2.45) is 0 Å². The van der Waals surface area contributed by atoms with Crippen LogP contribution in [0.1, 0.15) is 11.1 Å². The van der Waals surface area contributed by atoms with Crippen LogP contribution in [0, 0.1) is 0 Å². The number of nitrogens with zero attached hydrogens (tertiary/aromatic N) is 3. The second-order valence-electron chi connectivity index (χ2n) is 5.44. The number of benzene rings is 2. The van der Waals surface area contributed by atoms with Crippen molar-refractivity contribution in [1.82, 2.24) is 14.8 Å². The summed E-state index contributed by atoms with van der Waals surface area (Å²) in [4.78, 5) is 3.84. The van der Waals surface area contributed by atoms with Crippen LogP contribution in [-0.2, 0) is 16.8 Å². The molecule has 0 radical (unpaired) electrons. The van der Waals surface area contributed by atoms with Gasteiger partial charge in [0.1, 0.15) is 12.7 Å². The summed E-state index contributed by atoms with van der Waals surface area (Å²) in [6.45, 7) is 0.530. The number of nitrogens with two attached hydrogens (primary N) is 1. The summed E-state index contributed by atoms with van der Waals surface area (Å²) >= 11 is 17.3. The van der Waals surface area contributed by atoms with E-state index in [2.05, 4.69) is 10.1 Å². The van der Waals surface area contributed by atoms with E-state index in [1.165, 1.54) is 27.7 Å². The molecule has 0 aliphatic carbocycles. The molecule has 0 bridgehead atoms. The first-order valence-corrected chi connectivity index (χ1v) is 10.00. The highest BCUT2D eigenvalue weighted by atomic mass is 35.5. The SMILES string of the molecule is Nc1cc(Cl)c(Cl)cc1Cn1cncn1.O=Pc1ccc(Cl)c(C(F)(F)P)c1. The lowest BCUT2D eigenvalue weighted by molar-refractivity contribution is 0.104. The van der Waals surface area contributed by atoms with Crippen LogP contribution in [0.2, 0.25) is 15.1 Å². The van der Waals surface area contributed by atoms with Gasteiger partial charge < -0.3 is 5.73 Å². The van der Waals surface area contributed by atoms with E-state index < -0.39 is 5.66 Å². The van der Waals surface area contributed by atoms with Gasteiger partial charge in [0.05, 0.1) is 21.6 Å². The Morgan fingerprint density at radius 1 is 1.14 bits per heavy atom. The summed E-state index contributed by atoms with van der Waals surface area (Å²) < 4.78 is 37.7. The number of anilines is 1. The highest BCUT2D eigenvalue weighted by Crippen LogP contribution is 2.38. The molecule has 12 heteroatoms. The monoisotopic (exact) mass is 482 g/mol. The van der Waals surface area contributed by atoms with Crippen molar-refractivity contribution in [3.8, 4) is 0 Å². The van der Waals surface area contributed by atoms with Gasteiger partial charge in [-0.15, -0.1) is 0 Å². The van der Waals surface area contributed by atoms with Gasteiger partial charge in [-0.05, 0) is 35.9 Å². The predicted octanol–water partition coefficient (Wildman–Crippen LogP) is 5.40. The van der Waals surface area contributed by atoms with Crippen molar-refractivity contribution in [3.05, 3.63) is 69.2 Å². The van der Waals surface area contributed by atoms with Gasteiger partial charge in [-0.2, -0.15) is 13.9 Å². The molecule has 3 aromatic rings. The molecule has 3 rings (SSSR count). The number of hydrogen-bond donors (Lipinski definition) is 1. The van der Waals surface area contributed by atoms with E-state index in [4.69, 9.17) is 40.5 Å². The smallest absolute Gasteiger partial charge is 0.285 e. The molecule has 2 aromatic carbocycles. The van der Waals surface area contributed by atoms with E-state index in [-0.39, 0.29) is 24.4 Å². The number of hydrogen-bond acceptors (Lipinski definition) is 4. The van der Waals surface area contributed by atoms with E-state index in [0.717, 1.165) is 11.6 Å². The Balaban J connectivity index is 0.000000203. The first-order chi connectivity index (χ1) is 13.1. The average molecular weight is 484 g/mol. The van der Waals surface area contributed by atoms with Crippen molar-refractivity contribution in [2.45, 2.75) is 12.2 Å². The standard InChI is InChI=1S/C9H8Cl2N4.C7H5ClF2OP2/c10-7-1-6(9(12)2-8(7)11)3-15-5-13-4-14-15;8-6-2-1-4(13-11)3-5(6)7(9,10)12/h1-2,4-5H,3,12H2;1-3H,12H2. The summed E-state index contributed by atoms with van der Waals surface area (Å²) in [7, 11) is 1.09. The molecule has 0 saturated heterocycles. The van der Waals surface area contributed by atoms with Crippen LogP contribution in [0.5, 0.6) is 0 Å². The first kappa shape index (κ1) is 22.9. The van der Waals surface area contributed by atoms with Crippen molar-refractivity contribution in [1.29, 1.82) is 0 Å². The molecule has 0 aliphatic rings. The molecule has 1 aromatic heterocycles. The molecule has 28 heavy (non-hydrogen) atoms. The van der Waals surface area contributed by atoms with Crippen LogP contribution in [0.4, 0.5) is 14.5 Å². The quantitative estimate of drug-likeness (QED) is 0.399. The van der Waals surface area contributed by atoms with Crippen LogP contribution in [0.25, 0.3) is 0 Å². The fourth-order valence-corrected chi connectivity index (χ4v) is 3.30. The topological polar surface area (TPSA) is 73.8 Å². The number of nitrogen functional groups attached to an aromatic ring is 1. The Labute approximate surface area is 178 Å². The summed E-state index contributed by atoms with van der Waals surface area (Å²) in [6, 6.07) is 7.22. The zero-order chi connectivity index (χ0) is 20.9. The number of alkyl halides is 2. The van der Waals surface area contributed by atoms with Gasteiger partial charge in [0.2, 0.25) is 0 Å². The van der Waals surface area contributed by atoms with E-state index in [0.29, 0.717) is 22.3 Å². The number of aromatic nitrogens is 3. The van der Waals surface area contributed by atoms with Crippen molar-refractivity contribution < 1.29 is 13.3 Å². The lowest BCUT2D eigenvalue weighted by atomic mass is 10.2. The van der Waals surface area contributed by atoms with Crippen molar-refractivity contribution >= 4 is 63.5 Å². The van der Waals surface area contributed by atoms with E-state index >= 15 is 0 Å². The second kappa shape index (κ2) is 9.91. The molecule has 1 atom stereocenters. The Morgan fingerprint density at radius 3 is 2.39 bits per heavy atom. The molecule has 1 unspecified atom stereocenters. The van der Waals surface area contributed by atoms with Gasteiger partial charge in [-0.1, -0.05) is 44.0 Å². The minimum Gasteiger partial charge on any atom is -0.398 e. The van der Waals surface area contributed by atoms with Crippen LogP contribution in [0.15, 0.2) is 43.0 Å². The Kier molecular flexibility index (Phi) is 8.11. The van der Waals surface area contributed by atoms with Crippen LogP contribution in [-0.4, -0.2) is 14.8 Å². The third-order valence-electron chi connectivity index (χ3n) is 3.40. The van der Waals surface area contributed by atoms with E-state index in [9.17, 15) is 13.3 Å².